The van der Waals surface area contributed by atoms with Gasteiger partial charge in [0.25, 0.3) is 0 Å². The lowest BCUT2D eigenvalue weighted by Gasteiger charge is -2.29. The summed E-state index contributed by atoms with van der Waals surface area (Å²) in [5, 5.41) is 13.1. The Morgan fingerprint density at radius 2 is 1.85 bits per heavy atom. The number of amides is 1. The SMILES string of the molecule is CC1=CN([C@@H]2C[C@@H](O)[C@H](CO[P@@](=O)(N[C@@H](C)C(=O)O[C@@H](C)C(=O)C(C)C)Oc3ccccc3)O2)C(=O)CC1=O. The predicted octanol–water partition coefficient (Wildman–Crippen LogP) is 2.51. The molecule has 0 spiro atoms. The molecule has 13 heteroatoms. The monoisotopic (exact) mass is 566 g/mol. The van der Waals surface area contributed by atoms with Crippen LogP contribution in [0.1, 0.15) is 47.5 Å². The number of esters is 1. The van der Waals surface area contributed by atoms with Crippen LogP contribution in [0.5, 0.6) is 5.75 Å². The second-order valence-corrected chi connectivity index (χ2v) is 11.5. The van der Waals surface area contributed by atoms with Crippen LogP contribution in [0.4, 0.5) is 0 Å². The van der Waals surface area contributed by atoms with Gasteiger partial charge in [0.2, 0.25) is 5.91 Å². The Morgan fingerprint density at radius 3 is 2.49 bits per heavy atom. The highest BCUT2D eigenvalue weighted by atomic mass is 31.2. The zero-order chi connectivity index (χ0) is 28.9. The lowest BCUT2D eigenvalue weighted by molar-refractivity contribution is -0.156. The summed E-state index contributed by atoms with van der Waals surface area (Å²) in [7, 11) is -4.26. The minimum Gasteiger partial charge on any atom is -0.453 e. The molecule has 0 radical (unpaired) electrons. The molecule has 214 valence electrons. The number of hydrogen-bond donors (Lipinski definition) is 2. The van der Waals surface area contributed by atoms with Gasteiger partial charge >= 0.3 is 13.7 Å². The standard InChI is InChI=1S/C26H35N2O10P/c1-15(2)25(32)18(5)36-26(33)17(4)27-39(34,38-19-9-7-6-8-10-19)35-14-22-21(30)12-24(37-22)28-13-16(3)20(29)11-23(28)31/h6-10,13,15,17-18,21-22,24,30H,11-12,14H2,1-5H3,(H,27,34)/t17-,18-,21+,22-,24-,39-/m0/s1. The van der Waals surface area contributed by atoms with Gasteiger partial charge < -0.3 is 19.1 Å². The van der Waals surface area contributed by atoms with Crippen LogP contribution in [0.3, 0.4) is 0 Å². The summed E-state index contributed by atoms with van der Waals surface area (Å²) in [6, 6.07) is 6.92. The normalized spacial score (nSPS) is 24.6. The van der Waals surface area contributed by atoms with Gasteiger partial charge in [-0.2, -0.15) is 5.09 Å². The van der Waals surface area contributed by atoms with E-state index in [9.17, 15) is 28.8 Å². The fourth-order valence-electron chi connectivity index (χ4n) is 3.98. The van der Waals surface area contributed by atoms with Crippen molar-refractivity contribution in [3.8, 4) is 5.75 Å². The fourth-order valence-corrected chi connectivity index (χ4v) is 5.48. The third kappa shape index (κ3) is 8.06. The molecule has 1 aromatic carbocycles. The fraction of sp³-hybridized carbons (Fsp3) is 0.538. The van der Waals surface area contributed by atoms with Crippen molar-refractivity contribution in [1.82, 2.24) is 9.99 Å². The van der Waals surface area contributed by atoms with Gasteiger partial charge in [-0.1, -0.05) is 32.0 Å². The molecular formula is C26H35N2O10P. The molecule has 2 aliphatic rings. The number of benzene rings is 1. The quantitative estimate of drug-likeness (QED) is 0.218. The lowest BCUT2D eigenvalue weighted by atomic mass is 10.1. The lowest BCUT2D eigenvalue weighted by Crippen LogP contribution is -2.41. The number of hydrogen-bond acceptors (Lipinski definition) is 10. The average molecular weight is 567 g/mol. The maximum atomic E-state index is 13.7. The first-order valence-corrected chi connectivity index (χ1v) is 14.2. The van der Waals surface area contributed by atoms with E-state index in [1.165, 1.54) is 24.9 Å². The van der Waals surface area contributed by atoms with E-state index in [-0.39, 0.29) is 36.1 Å². The van der Waals surface area contributed by atoms with E-state index < -0.39 is 56.8 Å². The highest BCUT2D eigenvalue weighted by Crippen LogP contribution is 2.45. The number of Topliss-reactive ketones (excluding diaryl/α,β-unsaturated/α-hetero) is 2. The molecule has 1 fully saturated rings. The molecule has 1 amide bonds. The van der Waals surface area contributed by atoms with Crippen LogP contribution in [0, 0.1) is 5.92 Å². The minimum absolute atomic E-state index is 0.0412. The van der Waals surface area contributed by atoms with Crippen molar-refractivity contribution >= 4 is 31.2 Å². The first-order valence-electron chi connectivity index (χ1n) is 12.7. The maximum absolute atomic E-state index is 13.7. The molecule has 0 bridgehead atoms. The summed E-state index contributed by atoms with van der Waals surface area (Å²) in [5.74, 6) is -1.99. The van der Waals surface area contributed by atoms with Gasteiger partial charge in [-0.25, -0.2) is 4.57 Å². The van der Waals surface area contributed by atoms with Crippen molar-refractivity contribution in [2.75, 3.05) is 6.61 Å². The van der Waals surface area contributed by atoms with Gasteiger partial charge in [-0.3, -0.25) is 28.6 Å². The Balaban J connectivity index is 1.69. The van der Waals surface area contributed by atoms with Gasteiger partial charge in [0.1, 0.15) is 24.1 Å². The van der Waals surface area contributed by atoms with Crippen molar-refractivity contribution in [3.63, 3.8) is 0 Å². The van der Waals surface area contributed by atoms with E-state index in [0.29, 0.717) is 5.57 Å². The van der Waals surface area contributed by atoms with E-state index in [2.05, 4.69) is 5.09 Å². The Labute approximate surface area is 227 Å². The van der Waals surface area contributed by atoms with Crippen molar-refractivity contribution in [1.29, 1.82) is 0 Å². The molecule has 2 N–H and O–H groups in total. The number of ether oxygens (including phenoxy) is 2. The van der Waals surface area contributed by atoms with Crippen molar-refractivity contribution in [2.24, 2.45) is 5.92 Å². The largest absolute Gasteiger partial charge is 0.459 e. The number of rotatable bonds is 12. The number of aliphatic hydroxyl groups is 1. The van der Waals surface area contributed by atoms with Gasteiger partial charge in [-0.15, -0.1) is 0 Å². The van der Waals surface area contributed by atoms with Crippen LogP contribution >= 0.6 is 7.75 Å². The van der Waals surface area contributed by atoms with E-state index in [1.54, 1.807) is 51.1 Å². The third-order valence-electron chi connectivity index (χ3n) is 6.23. The van der Waals surface area contributed by atoms with E-state index in [0.717, 1.165) is 0 Å². The number of para-hydroxylation sites is 1. The molecule has 0 unspecified atom stereocenters. The Morgan fingerprint density at radius 1 is 1.18 bits per heavy atom. The molecule has 1 saturated heterocycles. The van der Waals surface area contributed by atoms with E-state index >= 15 is 0 Å². The summed E-state index contributed by atoms with van der Waals surface area (Å²) in [6.07, 6.45) is -2.78. The van der Waals surface area contributed by atoms with Crippen LogP contribution in [0.2, 0.25) is 0 Å². The smallest absolute Gasteiger partial charge is 0.453 e. The second-order valence-electron chi connectivity index (χ2n) is 9.83. The highest BCUT2D eigenvalue weighted by Gasteiger charge is 2.42. The van der Waals surface area contributed by atoms with Crippen LogP contribution in [-0.2, 0) is 37.7 Å². The van der Waals surface area contributed by atoms with Crippen LogP contribution < -0.4 is 9.61 Å². The number of ketones is 2. The molecule has 2 aliphatic heterocycles. The number of allylic oxidation sites excluding steroid dienone is 1. The summed E-state index contributed by atoms with van der Waals surface area (Å²) in [4.78, 5) is 50.1. The van der Waals surface area contributed by atoms with E-state index in [4.69, 9.17) is 18.5 Å². The molecule has 1 aromatic rings. The zero-order valence-corrected chi connectivity index (χ0v) is 23.5. The predicted molar refractivity (Wildman–Crippen MR) is 138 cm³/mol. The molecule has 12 nitrogen and oxygen atoms in total. The Kier molecular flexibility index (Phi) is 10.2. The second kappa shape index (κ2) is 13.0. The van der Waals surface area contributed by atoms with Crippen molar-refractivity contribution in [2.45, 2.75) is 78.0 Å². The highest BCUT2D eigenvalue weighted by molar-refractivity contribution is 7.52. The van der Waals surface area contributed by atoms with Gasteiger partial charge in [-0.05, 0) is 32.9 Å². The van der Waals surface area contributed by atoms with Crippen LogP contribution in [-0.4, -0.2) is 70.6 Å². The Bertz CT molecular complexity index is 1150. The maximum Gasteiger partial charge on any atom is 0.459 e. The molecule has 3 rings (SSSR count). The van der Waals surface area contributed by atoms with Gasteiger partial charge in [0.15, 0.2) is 17.7 Å². The van der Waals surface area contributed by atoms with Gasteiger partial charge in [0, 0.05) is 24.1 Å². The first kappa shape index (κ1) is 30.6. The molecule has 39 heavy (non-hydrogen) atoms. The van der Waals surface area contributed by atoms with Gasteiger partial charge in [0.05, 0.1) is 19.1 Å². The number of carbonyl (C=O) groups is 4. The van der Waals surface area contributed by atoms with Crippen molar-refractivity contribution in [3.05, 3.63) is 42.1 Å². The Hall–Kier alpha value is -2.89. The summed E-state index contributed by atoms with van der Waals surface area (Å²) in [5.41, 5.74) is 0.391. The number of nitrogens with one attached hydrogen (secondary N) is 1. The third-order valence-corrected chi connectivity index (χ3v) is 7.88. The number of aliphatic hydroxyl groups excluding tert-OH is 1. The molecule has 6 atom stereocenters. The topological polar surface area (TPSA) is 158 Å². The molecule has 2 heterocycles. The molecular weight excluding hydrogens is 531 g/mol. The average Bonchev–Trinajstić information content (AvgIpc) is 3.24. The van der Waals surface area contributed by atoms with E-state index in [1.807, 2.05) is 0 Å². The number of nitrogens with zero attached hydrogens (tertiary/aromatic N) is 1. The minimum atomic E-state index is -4.26. The summed E-state index contributed by atoms with van der Waals surface area (Å²) < 4.78 is 35.9. The van der Waals surface area contributed by atoms with Crippen LogP contribution in [0.25, 0.3) is 0 Å². The number of carbonyl (C=O) groups excluding carboxylic acids is 4. The molecule has 0 saturated carbocycles. The molecule has 0 aliphatic carbocycles. The first-order chi connectivity index (χ1) is 18.3. The summed E-state index contributed by atoms with van der Waals surface area (Å²) in [6.45, 7) is 7.38. The van der Waals surface area contributed by atoms with Crippen molar-refractivity contribution < 1.29 is 47.4 Å². The summed E-state index contributed by atoms with van der Waals surface area (Å²) >= 11 is 0. The zero-order valence-electron chi connectivity index (χ0n) is 22.6. The van der Waals surface area contributed by atoms with Crippen LogP contribution in [0.15, 0.2) is 42.1 Å². The molecule has 0 aromatic heterocycles.